The van der Waals surface area contributed by atoms with E-state index in [9.17, 15) is 4.79 Å². The summed E-state index contributed by atoms with van der Waals surface area (Å²) in [5.41, 5.74) is 2.12. The zero-order chi connectivity index (χ0) is 12.3. The topological polar surface area (TPSA) is 46.9 Å². The number of benzene rings is 1. The van der Waals surface area contributed by atoms with E-state index in [1.807, 2.05) is 43.5 Å². The Morgan fingerprint density at radius 2 is 2.00 bits per heavy atom. The van der Waals surface area contributed by atoms with Gasteiger partial charge in [0.05, 0.1) is 6.20 Å². The van der Waals surface area contributed by atoms with Crippen molar-refractivity contribution in [3.8, 4) is 11.1 Å². The van der Waals surface area contributed by atoms with Crippen LogP contribution in [0.3, 0.4) is 0 Å². The Labute approximate surface area is 100 Å². The molecule has 4 heteroatoms. The maximum Gasteiger partial charge on any atom is 0.244 e. The first-order chi connectivity index (χ1) is 8.22. The van der Waals surface area contributed by atoms with Gasteiger partial charge >= 0.3 is 0 Å². The molecule has 4 nitrogen and oxygen atoms in total. The van der Waals surface area contributed by atoms with Crippen molar-refractivity contribution in [2.75, 3.05) is 7.05 Å². The van der Waals surface area contributed by atoms with Crippen molar-refractivity contribution in [1.82, 2.24) is 15.1 Å². The molecule has 2 rings (SSSR count). The van der Waals surface area contributed by atoms with Crippen LogP contribution in [0.1, 0.15) is 13.0 Å². The van der Waals surface area contributed by atoms with Gasteiger partial charge in [0.25, 0.3) is 0 Å². The van der Waals surface area contributed by atoms with Crippen molar-refractivity contribution in [3.63, 3.8) is 0 Å². The van der Waals surface area contributed by atoms with E-state index >= 15 is 0 Å². The van der Waals surface area contributed by atoms with Crippen molar-refractivity contribution < 1.29 is 4.79 Å². The molecule has 1 amide bonds. The maximum absolute atomic E-state index is 11.5. The Morgan fingerprint density at radius 1 is 1.29 bits per heavy atom. The van der Waals surface area contributed by atoms with Gasteiger partial charge in [-0.15, -0.1) is 0 Å². The maximum atomic E-state index is 11.5. The molecule has 1 N–H and O–H groups in total. The van der Waals surface area contributed by atoms with Crippen molar-refractivity contribution in [2.45, 2.75) is 13.0 Å². The molecule has 1 aromatic heterocycles. The number of hydrogen-bond acceptors (Lipinski definition) is 2. The molecule has 17 heavy (non-hydrogen) atoms. The summed E-state index contributed by atoms with van der Waals surface area (Å²) in [6.07, 6.45) is 3.66. The third kappa shape index (κ3) is 2.36. The average molecular weight is 229 g/mol. The van der Waals surface area contributed by atoms with E-state index < -0.39 is 0 Å². The van der Waals surface area contributed by atoms with Crippen molar-refractivity contribution in [2.24, 2.45) is 0 Å². The number of amides is 1. The molecule has 1 heterocycles. The lowest BCUT2D eigenvalue weighted by atomic mass is 10.1. The van der Waals surface area contributed by atoms with Gasteiger partial charge in [0, 0.05) is 18.8 Å². The predicted molar refractivity (Wildman–Crippen MR) is 66.4 cm³/mol. The summed E-state index contributed by atoms with van der Waals surface area (Å²) in [4.78, 5) is 11.5. The van der Waals surface area contributed by atoms with Gasteiger partial charge in [0.2, 0.25) is 5.91 Å². The summed E-state index contributed by atoms with van der Waals surface area (Å²) < 4.78 is 1.67. The first-order valence-corrected chi connectivity index (χ1v) is 5.53. The highest BCUT2D eigenvalue weighted by molar-refractivity contribution is 5.79. The average Bonchev–Trinajstić information content (AvgIpc) is 2.87. The molecule has 0 aliphatic carbocycles. The Morgan fingerprint density at radius 3 is 2.65 bits per heavy atom. The third-order valence-corrected chi connectivity index (χ3v) is 2.73. The van der Waals surface area contributed by atoms with E-state index in [4.69, 9.17) is 0 Å². The number of likely N-dealkylation sites (N-methyl/N-ethyl adjacent to an activating group) is 1. The summed E-state index contributed by atoms with van der Waals surface area (Å²) in [5, 5.41) is 6.83. The predicted octanol–water partition coefficient (Wildman–Crippen LogP) is 1.86. The van der Waals surface area contributed by atoms with Crippen LogP contribution in [0, 0.1) is 0 Å². The van der Waals surface area contributed by atoms with Crippen LogP contribution in [0.15, 0.2) is 42.7 Å². The van der Waals surface area contributed by atoms with Gasteiger partial charge < -0.3 is 5.32 Å². The number of hydrogen-bond donors (Lipinski definition) is 1. The molecular formula is C13H15N3O. The first-order valence-electron chi connectivity index (χ1n) is 5.53. The van der Waals surface area contributed by atoms with E-state index in [1.165, 1.54) is 0 Å². The molecule has 0 unspecified atom stereocenters. The smallest absolute Gasteiger partial charge is 0.244 e. The second-order valence-electron chi connectivity index (χ2n) is 3.87. The lowest BCUT2D eigenvalue weighted by molar-refractivity contribution is -0.123. The van der Waals surface area contributed by atoms with Crippen LogP contribution in [0.25, 0.3) is 11.1 Å². The van der Waals surface area contributed by atoms with Gasteiger partial charge in [-0.05, 0) is 12.5 Å². The minimum absolute atomic E-state index is 0.0484. The van der Waals surface area contributed by atoms with Gasteiger partial charge in [-0.3, -0.25) is 9.48 Å². The summed E-state index contributed by atoms with van der Waals surface area (Å²) in [5.74, 6) is -0.0484. The molecule has 0 saturated carbocycles. The van der Waals surface area contributed by atoms with Crippen molar-refractivity contribution in [3.05, 3.63) is 42.7 Å². The van der Waals surface area contributed by atoms with Crippen LogP contribution in [-0.4, -0.2) is 22.7 Å². The molecule has 88 valence electrons. The number of rotatable bonds is 3. The molecule has 0 aliphatic rings. The number of aromatic nitrogens is 2. The molecule has 2 aromatic rings. The largest absolute Gasteiger partial charge is 0.357 e. The summed E-state index contributed by atoms with van der Waals surface area (Å²) in [6, 6.07) is 9.68. The highest BCUT2D eigenvalue weighted by Gasteiger charge is 2.14. The van der Waals surface area contributed by atoms with Gasteiger partial charge in [-0.25, -0.2) is 0 Å². The van der Waals surface area contributed by atoms with E-state index in [2.05, 4.69) is 10.4 Å². The van der Waals surface area contributed by atoms with Crippen LogP contribution >= 0.6 is 0 Å². The fourth-order valence-corrected chi connectivity index (χ4v) is 1.66. The molecular weight excluding hydrogens is 214 g/mol. The number of carbonyl (C=O) groups excluding carboxylic acids is 1. The lowest BCUT2D eigenvalue weighted by Gasteiger charge is -2.09. The zero-order valence-corrected chi connectivity index (χ0v) is 9.92. The molecule has 0 spiro atoms. The third-order valence-electron chi connectivity index (χ3n) is 2.73. The monoisotopic (exact) mass is 229 g/mol. The minimum atomic E-state index is -0.294. The van der Waals surface area contributed by atoms with E-state index in [-0.39, 0.29) is 11.9 Å². The molecule has 1 aromatic carbocycles. The SMILES string of the molecule is CNC(=O)[C@@H](C)n1cc(-c2ccccc2)cn1. The van der Waals surface area contributed by atoms with Gasteiger partial charge in [-0.2, -0.15) is 5.10 Å². The van der Waals surface area contributed by atoms with Gasteiger partial charge in [0.15, 0.2) is 0 Å². The number of carbonyl (C=O) groups is 1. The van der Waals surface area contributed by atoms with E-state index in [1.54, 1.807) is 17.9 Å². The fourth-order valence-electron chi connectivity index (χ4n) is 1.66. The van der Waals surface area contributed by atoms with Crippen LogP contribution in [0.4, 0.5) is 0 Å². The molecule has 0 bridgehead atoms. The second-order valence-corrected chi connectivity index (χ2v) is 3.87. The molecule has 1 atom stereocenters. The zero-order valence-electron chi connectivity index (χ0n) is 9.92. The highest BCUT2D eigenvalue weighted by Crippen LogP contribution is 2.19. The second kappa shape index (κ2) is 4.82. The van der Waals surface area contributed by atoms with Crippen molar-refractivity contribution in [1.29, 1.82) is 0 Å². The van der Waals surface area contributed by atoms with Crippen LogP contribution < -0.4 is 5.32 Å². The highest BCUT2D eigenvalue weighted by atomic mass is 16.2. The van der Waals surface area contributed by atoms with Gasteiger partial charge in [0.1, 0.15) is 6.04 Å². The van der Waals surface area contributed by atoms with Gasteiger partial charge in [-0.1, -0.05) is 30.3 Å². The first kappa shape index (κ1) is 11.4. The Bertz CT molecular complexity index is 504. The van der Waals surface area contributed by atoms with Crippen LogP contribution in [-0.2, 0) is 4.79 Å². The van der Waals surface area contributed by atoms with E-state index in [0.717, 1.165) is 11.1 Å². The normalized spacial score (nSPS) is 12.1. The molecule has 0 radical (unpaired) electrons. The summed E-state index contributed by atoms with van der Waals surface area (Å²) in [7, 11) is 1.63. The van der Waals surface area contributed by atoms with E-state index in [0.29, 0.717) is 0 Å². The summed E-state index contributed by atoms with van der Waals surface area (Å²) in [6.45, 7) is 1.82. The Balaban J connectivity index is 2.25. The fraction of sp³-hybridized carbons (Fsp3) is 0.231. The molecule has 0 aliphatic heterocycles. The minimum Gasteiger partial charge on any atom is -0.357 e. The Hall–Kier alpha value is -2.10. The summed E-state index contributed by atoms with van der Waals surface area (Å²) >= 11 is 0. The van der Waals surface area contributed by atoms with Crippen LogP contribution in [0.5, 0.6) is 0 Å². The standard InChI is InChI=1S/C13H15N3O/c1-10(13(17)14-2)16-9-12(8-15-16)11-6-4-3-5-7-11/h3-10H,1-2H3,(H,14,17)/t10-/m1/s1. The molecule has 0 saturated heterocycles. The van der Waals surface area contributed by atoms with Crippen LogP contribution in [0.2, 0.25) is 0 Å². The quantitative estimate of drug-likeness (QED) is 0.873. The number of nitrogens with one attached hydrogen (secondary N) is 1. The number of nitrogens with zero attached hydrogens (tertiary/aromatic N) is 2. The lowest BCUT2D eigenvalue weighted by Crippen LogP contribution is -2.27. The van der Waals surface area contributed by atoms with Crippen molar-refractivity contribution >= 4 is 5.91 Å². The molecule has 0 fully saturated rings. The Kier molecular flexibility index (Phi) is 3.23.